The Kier molecular flexibility index (Phi) is 6.80. The molecule has 0 unspecified atom stereocenters. The number of hydrogen-bond acceptors (Lipinski definition) is 4. The van der Waals surface area contributed by atoms with Crippen molar-refractivity contribution in [1.29, 1.82) is 0 Å². The molecule has 0 saturated heterocycles. The Morgan fingerprint density at radius 3 is 3.00 bits per heavy atom. The van der Waals surface area contributed by atoms with Crippen molar-refractivity contribution >= 4 is 0 Å². The molecule has 0 amide bonds. The normalized spacial score (nSPS) is 10.9. The number of rotatable bonds is 9. The standard InChI is InChI=1S/C11H21N3O2/c1-12-8-11-9-14(10-13-11)4-3-5-16-7-6-15-2/h9-10,12H,3-8H2,1-2H3. The van der Waals surface area contributed by atoms with E-state index in [1.807, 2.05) is 13.4 Å². The average Bonchev–Trinajstić information content (AvgIpc) is 2.72. The average molecular weight is 227 g/mol. The quantitative estimate of drug-likeness (QED) is 0.629. The second kappa shape index (κ2) is 8.27. The lowest BCUT2D eigenvalue weighted by Gasteiger charge is -2.03. The van der Waals surface area contributed by atoms with Gasteiger partial charge in [0.1, 0.15) is 0 Å². The molecular formula is C11H21N3O2. The van der Waals surface area contributed by atoms with Gasteiger partial charge in [-0.1, -0.05) is 0 Å². The van der Waals surface area contributed by atoms with Crippen molar-refractivity contribution in [2.45, 2.75) is 19.5 Å². The summed E-state index contributed by atoms with van der Waals surface area (Å²) in [7, 11) is 3.60. The molecule has 0 aliphatic carbocycles. The molecule has 16 heavy (non-hydrogen) atoms. The molecule has 0 spiro atoms. The van der Waals surface area contributed by atoms with Gasteiger partial charge in [-0.05, 0) is 13.5 Å². The summed E-state index contributed by atoms with van der Waals surface area (Å²) in [6.07, 6.45) is 4.92. The van der Waals surface area contributed by atoms with Crippen LogP contribution in [0.2, 0.25) is 0 Å². The van der Waals surface area contributed by atoms with Gasteiger partial charge in [-0.25, -0.2) is 4.98 Å². The summed E-state index contributed by atoms with van der Waals surface area (Å²) < 4.78 is 12.4. The van der Waals surface area contributed by atoms with Crippen LogP contribution in [-0.4, -0.2) is 43.5 Å². The third-order valence-electron chi connectivity index (χ3n) is 2.18. The molecule has 0 aromatic carbocycles. The third-order valence-corrected chi connectivity index (χ3v) is 2.18. The number of imidazole rings is 1. The first-order valence-corrected chi connectivity index (χ1v) is 5.58. The Bertz CT molecular complexity index is 276. The summed E-state index contributed by atoms with van der Waals surface area (Å²) in [6, 6.07) is 0. The van der Waals surface area contributed by atoms with Crippen LogP contribution in [0.4, 0.5) is 0 Å². The van der Waals surface area contributed by atoms with Crippen molar-refractivity contribution in [2.75, 3.05) is 34.0 Å². The fourth-order valence-corrected chi connectivity index (χ4v) is 1.39. The fourth-order valence-electron chi connectivity index (χ4n) is 1.39. The first-order valence-electron chi connectivity index (χ1n) is 5.58. The third kappa shape index (κ3) is 5.25. The van der Waals surface area contributed by atoms with Crippen LogP contribution in [0.15, 0.2) is 12.5 Å². The van der Waals surface area contributed by atoms with E-state index < -0.39 is 0 Å². The molecule has 0 atom stereocenters. The molecule has 1 rings (SSSR count). The van der Waals surface area contributed by atoms with Gasteiger partial charge in [0, 0.05) is 33.0 Å². The molecule has 0 fully saturated rings. The monoisotopic (exact) mass is 227 g/mol. The van der Waals surface area contributed by atoms with E-state index in [9.17, 15) is 0 Å². The molecule has 0 aliphatic heterocycles. The molecule has 0 bridgehead atoms. The van der Waals surface area contributed by atoms with E-state index in [1.165, 1.54) is 0 Å². The zero-order valence-corrected chi connectivity index (χ0v) is 10.1. The molecule has 92 valence electrons. The molecule has 1 heterocycles. The molecule has 1 aromatic rings. The van der Waals surface area contributed by atoms with Crippen LogP contribution < -0.4 is 5.32 Å². The highest BCUT2D eigenvalue weighted by atomic mass is 16.5. The van der Waals surface area contributed by atoms with Crippen LogP contribution in [0.1, 0.15) is 12.1 Å². The Morgan fingerprint density at radius 2 is 2.25 bits per heavy atom. The van der Waals surface area contributed by atoms with Crippen molar-refractivity contribution in [1.82, 2.24) is 14.9 Å². The maximum absolute atomic E-state index is 5.38. The second-order valence-corrected chi connectivity index (χ2v) is 3.59. The lowest BCUT2D eigenvalue weighted by atomic mass is 10.4. The fraction of sp³-hybridized carbons (Fsp3) is 0.727. The van der Waals surface area contributed by atoms with Crippen molar-refractivity contribution < 1.29 is 9.47 Å². The number of aromatic nitrogens is 2. The first kappa shape index (κ1) is 13.2. The van der Waals surface area contributed by atoms with Crippen molar-refractivity contribution in [2.24, 2.45) is 0 Å². The van der Waals surface area contributed by atoms with Crippen LogP contribution in [0.3, 0.4) is 0 Å². The van der Waals surface area contributed by atoms with E-state index in [0.29, 0.717) is 13.2 Å². The highest BCUT2D eigenvalue weighted by Crippen LogP contribution is 1.97. The van der Waals surface area contributed by atoms with Crippen molar-refractivity contribution in [3.8, 4) is 0 Å². The van der Waals surface area contributed by atoms with E-state index >= 15 is 0 Å². The van der Waals surface area contributed by atoms with Gasteiger partial charge < -0.3 is 19.4 Å². The molecular weight excluding hydrogens is 206 g/mol. The second-order valence-electron chi connectivity index (χ2n) is 3.59. The Labute approximate surface area is 96.8 Å². The number of methoxy groups -OCH3 is 1. The summed E-state index contributed by atoms with van der Waals surface area (Å²) in [4.78, 5) is 4.27. The maximum Gasteiger partial charge on any atom is 0.0949 e. The van der Waals surface area contributed by atoms with Crippen molar-refractivity contribution in [3.63, 3.8) is 0 Å². The number of nitrogens with zero attached hydrogens (tertiary/aromatic N) is 2. The lowest BCUT2D eigenvalue weighted by molar-refractivity contribution is 0.0680. The van der Waals surface area contributed by atoms with Crippen LogP contribution in [0, 0.1) is 0 Å². The highest BCUT2D eigenvalue weighted by molar-refractivity contribution is 4.95. The van der Waals surface area contributed by atoms with E-state index in [-0.39, 0.29) is 0 Å². The number of aryl methyl sites for hydroxylation is 1. The maximum atomic E-state index is 5.38. The highest BCUT2D eigenvalue weighted by Gasteiger charge is 1.97. The molecule has 0 aliphatic rings. The van der Waals surface area contributed by atoms with Crippen LogP contribution in [-0.2, 0) is 22.6 Å². The van der Waals surface area contributed by atoms with Gasteiger partial charge in [-0.15, -0.1) is 0 Å². The summed E-state index contributed by atoms with van der Waals surface area (Å²) in [5.74, 6) is 0. The minimum atomic E-state index is 0.664. The summed E-state index contributed by atoms with van der Waals surface area (Å²) >= 11 is 0. The zero-order chi connectivity index (χ0) is 11.6. The van der Waals surface area contributed by atoms with Gasteiger partial charge in [0.25, 0.3) is 0 Å². The zero-order valence-electron chi connectivity index (χ0n) is 10.1. The largest absolute Gasteiger partial charge is 0.382 e. The molecule has 1 N–H and O–H groups in total. The van der Waals surface area contributed by atoms with Crippen LogP contribution >= 0.6 is 0 Å². The smallest absolute Gasteiger partial charge is 0.0949 e. The van der Waals surface area contributed by atoms with Gasteiger partial charge in [0.05, 0.1) is 25.2 Å². The summed E-state index contributed by atoms with van der Waals surface area (Å²) in [5.41, 5.74) is 1.07. The van der Waals surface area contributed by atoms with Crippen LogP contribution in [0.5, 0.6) is 0 Å². The minimum absolute atomic E-state index is 0.664. The Balaban J connectivity index is 2.07. The van der Waals surface area contributed by atoms with Gasteiger partial charge >= 0.3 is 0 Å². The van der Waals surface area contributed by atoms with E-state index in [2.05, 4.69) is 21.1 Å². The number of ether oxygens (including phenoxy) is 2. The predicted molar refractivity (Wildman–Crippen MR) is 62.3 cm³/mol. The lowest BCUT2D eigenvalue weighted by Crippen LogP contribution is -2.06. The Hall–Kier alpha value is -0.910. The van der Waals surface area contributed by atoms with E-state index in [0.717, 1.165) is 31.8 Å². The topological polar surface area (TPSA) is 48.3 Å². The minimum Gasteiger partial charge on any atom is -0.382 e. The van der Waals surface area contributed by atoms with Crippen molar-refractivity contribution in [3.05, 3.63) is 18.2 Å². The van der Waals surface area contributed by atoms with E-state index in [4.69, 9.17) is 9.47 Å². The molecule has 0 radical (unpaired) electrons. The van der Waals surface area contributed by atoms with Crippen LogP contribution in [0.25, 0.3) is 0 Å². The number of nitrogens with one attached hydrogen (secondary N) is 1. The Morgan fingerprint density at radius 1 is 1.38 bits per heavy atom. The van der Waals surface area contributed by atoms with Gasteiger partial charge in [-0.3, -0.25) is 0 Å². The van der Waals surface area contributed by atoms with Gasteiger partial charge in [0.15, 0.2) is 0 Å². The first-order chi connectivity index (χ1) is 7.86. The SMILES string of the molecule is CNCc1cn(CCCOCCOC)cn1. The predicted octanol–water partition coefficient (Wildman–Crippen LogP) is 0.656. The molecule has 1 aromatic heterocycles. The van der Waals surface area contributed by atoms with E-state index in [1.54, 1.807) is 7.11 Å². The number of hydrogen-bond donors (Lipinski definition) is 1. The molecule has 5 heteroatoms. The molecule has 5 nitrogen and oxygen atoms in total. The van der Waals surface area contributed by atoms with Gasteiger partial charge in [0.2, 0.25) is 0 Å². The molecule has 0 saturated carbocycles. The summed E-state index contributed by atoms with van der Waals surface area (Å²) in [5, 5.41) is 3.07. The van der Waals surface area contributed by atoms with Gasteiger partial charge in [-0.2, -0.15) is 0 Å². The summed E-state index contributed by atoms with van der Waals surface area (Å²) in [6.45, 7) is 3.87.